The van der Waals surface area contributed by atoms with E-state index in [9.17, 15) is 9.59 Å². The summed E-state index contributed by atoms with van der Waals surface area (Å²) >= 11 is 0. The van der Waals surface area contributed by atoms with Gasteiger partial charge in [-0.15, -0.1) is 0 Å². The largest absolute Gasteiger partial charge is 0.300 e. The molecule has 3 saturated carbocycles. The van der Waals surface area contributed by atoms with E-state index in [1.54, 1.807) is 6.92 Å². The summed E-state index contributed by atoms with van der Waals surface area (Å²) in [7, 11) is 0. The predicted molar refractivity (Wildman–Crippen MR) is 100.0 cm³/mol. The van der Waals surface area contributed by atoms with Crippen molar-refractivity contribution >= 4 is 11.6 Å². The van der Waals surface area contributed by atoms with Gasteiger partial charge in [-0.05, 0) is 85.2 Å². The maximum absolute atomic E-state index is 12.4. The molecule has 7 atom stereocenters. The Labute approximate surface area is 152 Å². The number of carbonyl (C=O) groups excluding carboxylic acids is 2. The first-order valence-electron chi connectivity index (χ1n) is 10.1. The maximum atomic E-state index is 12.4. The Morgan fingerprint density at radius 1 is 1.24 bits per heavy atom. The predicted octanol–water partition coefficient (Wildman–Crippen LogP) is 5.14. The average Bonchev–Trinajstić information content (AvgIpc) is 2.80. The zero-order valence-corrected chi connectivity index (χ0v) is 16.2. The number of hydrogen-bond acceptors (Lipinski definition) is 2. The lowest BCUT2D eigenvalue weighted by molar-refractivity contribution is -0.129. The molecular weight excluding hydrogens is 308 g/mol. The van der Waals surface area contributed by atoms with E-state index in [2.05, 4.69) is 27.4 Å². The minimum Gasteiger partial charge on any atom is -0.300 e. The van der Waals surface area contributed by atoms with Crippen molar-refractivity contribution in [2.24, 2.45) is 40.4 Å². The number of fused-ring (bicyclic) bond motifs is 5. The summed E-state index contributed by atoms with van der Waals surface area (Å²) in [5.74, 6) is 3.30. The SMILES string of the molecule is C=C1C[C@H]2[C@@H]3CC(C)[C@H](C(C)=O)[C@@]3(C)CC[C@@H]2[C@@]2(C)CCC(=O)C=C12. The second kappa shape index (κ2) is 5.41. The normalized spacial score (nSPS) is 49.1. The van der Waals surface area contributed by atoms with Crippen LogP contribution in [0.2, 0.25) is 0 Å². The quantitative estimate of drug-likeness (QED) is 0.662. The molecule has 0 aromatic carbocycles. The molecule has 0 N–H and O–H groups in total. The molecule has 136 valence electrons. The van der Waals surface area contributed by atoms with Crippen LogP contribution in [-0.2, 0) is 9.59 Å². The Bertz CT molecular complexity index is 686. The molecule has 0 amide bonds. The van der Waals surface area contributed by atoms with Gasteiger partial charge in [0.25, 0.3) is 0 Å². The second-order valence-electron chi connectivity index (χ2n) is 9.97. The summed E-state index contributed by atoms with van der Waals surface area (Å²) in [6, 6.07) is 0. The fraction of sp³-hybridized carbons (Fsp3) is 0.739. The van der Waals surface area contributed by atoms with E-state index in [1.807, 2.05) is 6.08 Å². The zero-order chi connectivity index (χ0) is 18.1. The summed E-state index contributed by atoms with van der Waals surface area (Å²) in [5.41, 5.74) is 2.73. The van der Waals surface area contributed by atoms with Gasteiger partial charge in [-0.2, -0.15) is 0 Å². The van der Waals surface area contributed by atoms with Crippen LogP contribution in [0.3, 0.4) is 0 Å². The van der Waals surface area contributed by atoms with Crippen molar-refractivity contribution in [3.05, 3.63) is 23.8 Å². The number of carbonyl (C=O) groups is 2. The molecule has 0 aliphatic heterocycles. The van der Waals surface area contributed by atoms with E-state index in [0.717, 1.165) is 19.3 Å². The van der Waals surface area contributed by atoms with Gasteiger partial charge in [-0.3, -0.25) is 9.59 Å². The lowest BCUT2D eigenvalue weighted by Gasteiger charge is -2.58. The van der Waals surface area contributed by atoms with Crippen LogP contribution in [0.5, 0.6) is 0 Å². The van der Waals surface area contributed by atoms with Gasteiger partial charge >= 0.3 is 0 Å². The molecule has 25 heavy (non-hydrogen) atoms. The summed E-state index contributed by atoms with van der Waals surface area (Å²) in [6.07, 6.45) is 8.14. The first-order chi connectivity index (χ1) is 11.7. The minimum absolute atomic E-state index is 0.118. The highest BCUT2D eigenvalue weighted by Gasteiger charge is 2.61. The van der Waals surface area contributed by atoms with E-state index in [4.69, 9.17) is 0 Å². The molecule has 4 aliphatic carbocycles. The number of Topliss-reactive ketones (excluding diaryl/α,β-unsaturated/α-hetero) is 1. The Morgan fingerprint density at radius 2 is 1.96 bits per heavy atom. The first-order valence-corrected chi connectivity index (χ1v) is 10.1. The third-order valence-corrected chi connectivity index (χ3v) is 8.71. The summed E-state index contributed by atoms with van der Waals surface area (Å²) in [5, 5.41) is 0. The van der Waals surface area contributed by atoms with Gasteiger partial charge in [0.2, 0.25) is 0 Å². The molecule has 0 spiro atoms. The van der Waals surface area contributed by atoms with Crippen molar-refractivity contribution in [2.75, 3.05) is 0 Å². The fourth-order valence-electron chi connectivity index (χ4n) is 7.79. The molecule has 2 nitrogen and oxygen atoms in total. The van der Waals surface area contributed by atoms with Crippen molar-refractivity contribution in [2.45, 2.75) is 66.2 Å². The van der Waals surface area contributed by atoms with Crippen LogP contribution < -0.4 is 0 Å². The summed E-state index contributed by atoms with van der Waals surface area (Å²) < 4.78 is 0. The van der Waals surface area contributed by atoms with E-state index in [0.29, 0.717) is 35.9 Å². The van der Waals surface area contributed by atoms with Crippen LogP contribution in [0.4, 0.5) is 0 Å². The minimum atomic E-state index is 0.118. The number of ketones is 2. The second-order valence-corrected chi connectivity index (χ2v) is 9.97. The van der Waals surface area contributed by atoms with Gasteiger partial charge in [0.05, 0.1) is 0 Å². The number of rotatable bonds is 1. The van der Waals surface area contributed by atoms with Gasteiger partial charge in [0, 0.05) is 12.3 Å². The van der Waals surface area contributed by atoms with E-state index in [-0.39, 0.29) is 22.5 Å². The van der Waals surface area contributed by atoms with Crippen LogP contribution in [0.1, 0.15) is 66.2 Å². The van der Waals surface area contributed by atoms with E-state index < -0.39 is 0 Å². The van der Waals surface area contributed by atoms with Crippen LogP contribution in [0, 0.1) is 40.4 Å². The Morgan fingerprint density at radius 3 is 2.64 bits per heavy atom. The van der Waals surface area contributed by atoms with Gasteiger partial charge < -0.3 is 0 Å². The van der Waals surface area contributed by atoms with Gasteiger partial charge in [0.15, 0.2) is 5.78 Å². The third kappa shape index (κ3) is 2.22. The van der Waals surface area contributed by atoms with Crippen molar-refractivity contribution < 1.29 is 9.59 Å². The molecular formula is C23H32O2. The number of allylic oxidation sites excluding steroid dienone is 2. The topological polar surface area (TPSA) is 34.1 Å². The molecule has 0 heterocycles. The Balaban J connectivity index is 1.74. The van der Waals surface area contributed by atoms with Crippen LogP contribution in [0.25, 0.3) is 0 Å². The Kier molecular flexibility index (Phi) is 3.73. The van der Waals surface area contributed by atoms with Crippen LogP contribution in [-0.4, -0.2) is 11.6 Å². The highest BCUT2D eigenvalue weighted by Crippen LogP contribution is 2.68. The zero-order valence-electron chi connectivity index (χ0n) is 16.2. The molecule has 0 radical (unpaired) electrons. The van der Waals surface area contributed by atoms with Crippen LogP contribution in [0.15, 0.2) is 23.8 Å². The number of hydrogen-bond donors (Lipinski definition) is 0. The first kappa shape index (κ1) is 17.2. The van der Waals surface area contributed by atoms with Gasteiger partial charge in [-0.25, -0.2) is 0 Å². The summed E-state index contributed by atoms with van der Waals surface area (Å²) in [6.45, 7) is 13.3. The average molecular weight is 341 g/mol. The molecule has 3 fully saturated rings. The lowest BCUT2D eigenvalue weighted by Crippen LogP contribution is -2.51. The van der Waals surface area contributed by atoms with Gasteiger partial charge in [-0.1, -0.05) is 32.9 Å². The molecule has 0 aromatic rings. The molecule has 4 rings (SSSR count). The fourth-order valence-corrected chi connectivity index (χ4v) is 7.79. The highest BCUT2D eigenvalue weighted by molar-refractivity contribution is 5.92. The van der Waals surface area contributed by atoms with Crippen molar-refractivity contribution in [3.8, 4) is 0 Å². The molecule has 2 heteroatoms. The standard InChI is InChI=1S/C23H32O2/c1-13-10-17-18(22(4)8-6-16(25)12-19(13)22)7-9-23(5)20(17)11-14(2)21(23)15(3)24/h12,14,17-18,20-21H,1,6-11H2,2-5H3/t14?,17-,18+,20+,21-,22-,23+/m1/s1. The summed E-state index contributed by atoms with van der Waals surface area (Å²) in [4.78, 5) is 24.4. The van der Waals surface area contributed by atoms with Crippen LogP contribution >= 0.6 is 0 Å². The Hall–Kier alpha value is -1.18. The lowest BCUT2D eigenvalue weighted by atomic mass is 9.46. The third-order valence-electron chi connectivity index (χ3n) is 8.71. The molecule has 0 bridgehead atoms. The monoisotopic (exact) mass is 340 g/mol. The van der Waals surface area contributed by atoms with E-state index in [1.165, 1.54) is 24.0 Å². The van der Waals surface area contributed by atoms with Crippen molar-refractivity contribution in [1.29, 1.82) is 0 Å². The molecule has 0 saturated heterocycles. The maximum Gasteiger partial charge on any atom is 0.156 e. The highest BCUT2D eigenvalue weighted by atomic mass is 16.1. The van der Waals surface area contributed by atoms with Crippen molar-refractivity contribution in [3.63, 3.8) is 0 Å². The smallest absolute Gasteiger partial charge is 0.156 e. The van der Waals surface area contributed by atoms with Gasteiger partial charge in [0.1, 0.15) is 5.78 Å². The van der Waals surface area contributed by atoms with E-state index >= 15 is 0 Å². The molecule has 1 unspecified atom stereocenters. The molecule has 4 aliphatic rings. The van der Waals surface area contributed by atoms with Crippen molar-refractivity contribution in [1.82, 2.24) is 0 Å². The molecule has 0 aromatic heterocycles.